The molecule has 1 aliphatic heterocycles. The number of pyridine rings is 2. The summed E-state index contributed by atoms with van der Waals surface area (Å²) in [6.45, 7) is 2.60. The van der Waals surface area contributed by atoms with Crippen molar-refractivity contribution in [2.45, 2.75) is 38.5 Å². The second-order valence-corrected chi connectivity index (χ2v) is 8.48. The van der Waals surface area contributed by atoms with Crippen molar-refractivity contribution in [2.24, 2.45) is 5.92 Å². The van der Waals surface area contributed by atoms with Crippen molar-refractivity contribution >= 4 is 17.6 Å². The molecule has 170 valence electrons. The van der Waals surface area contributed by atoms with Gasteiger partial charge in [0, 0.05) is 44.6 Å². The number of hydrogen-bond acceptors (Lipinski definition) is 5. The molecule has 0 bridgehead atoms. The predicted molar refractivity (Wildman–Crippen MR) is 122 cm³/mol. The third-order valence-electron chi connectivity index (χ3n) is 6.25. The molecule has 1 aliphatic carbocycles. The van der Waals surface area contributed by atoms with E-state index in [0.717, 1.165) is 12.3 Å². The SMILES string of the molecule is O=C(Nc1cccnc1)N1CCN(C(=O)c2ccc(OCCC3CCCCC3)nc2)CC1. The summed E-state index contributed by atoms with van der Waals surface area (Å²) in [5.41, 5.74) is 1.20. The monoisotopic (exact) mass is 437 g/mol. The second kappa shape index (κ2) is 10.9. The van der Waals surface area contributed by atoms with Crippen LogP contribution in [0, 0.1) is 5.92 Å². The van der Waals surface area contributed by atoms with Gasteiger partial charge in [0.2, 0.25) is 5.88 Å². The predicted octanol–water partition coefficient (Wildman–Crippen LogP) is 3.82. The van der Waals surface area contributed by atoms with E-state index in [1.165, 1.54) is 32.1 Å². The van der Waals surface area contributed by atoms with Gasteiger partial charge in [0.15, 0.2) is 0 Å². The fourth-order valence-corrected chi connectivity index (χ4v) is 4.33. The number of carbonyl (C=O) groups is 2. The first-order valence-electron chi connectivity index (χ1n) is 11.5. The van der Waals surface area contributed by atoms with E-state index in [1.54, 1.807) is 52.7 Å². The molecule has 2 aliphatic rings. The van der Waals surface area contributed by atoms with Gasteiger partial charge >= 0.3 is 6.03 Å². The van der Waals surface area contributed by atoms with E-state index in [1.807, 2.05) is 0 Å². The molecule has 0 radical (unpaired) electrons. The standard InChI is InChI=1S/C24H31N5O3/c30-23(20-8-9-22(26-17-20)32-16-10-19-5-2-1-3-6-19)28-12-14-29(15-13-28)24(31)27-21-7-4-11-25-18-21/h4,7-9,11,17-19H,1-3,5-6,10,12-16H2,(H,27,31). The summed E-state index contributed by atoms with van der Waals surface area (Å²) in [5.74, 6) is 1.27. The van der Waals surface area contributed by atoms with Crippen LogP contribution in [0.5, 0.6) is 5.88 Å². The van der Waals surface area contributed by atoms with Crippen molar-refractivity contribution in [1.82, 2.24) is 19.8 Å². The highest BCUT2D eigenvalue weighted by Crippen LogP contribution is 2.26. The van der Waals surface area contributed by atoms with E-state index >= 15 is 0 Å². The molecule has 2 fully saturated rings. The third kappa shape index (κ3) is 5.96. The highest BCUT2D eigenvalue weighted by Gasteiger charge is 2.25. The Morgan fingerprint density at radius 2 is 1.78 bits per heavy atom. The number of aromatic nitrogens is 2. The summed E-state index contributed by atoms with van der Waals surface area (Å²) in [5, 5.41) is 2.83. The number of ether oxygens (including phenoxy) is 1. The molecule has 1 saturated heterocycles. The lowest BCUT2D eigenvalue weighted by Gasteiger charge is -2.34. The molecule has 1 N–H and O–H groups in total. The average Bonchev–Trinajstić information content (AvgIpc) is 2.85. The van der Waals surface area contributed by atoms with Crippen LogP contribution in [0.15, 0.2) is 42.9 Å². The zero-order chi connectivity index (χ0) is 22.2. The van der Waals surface area contributed by atoms with E-state index < -0.39 is 0 Å². The maximum Gasteiger partial charge on any atom is 0.322 e. The van der Waals surface area contributed by atoms with Crippen LogP contribution in [0.4, 0.5) is 10.5 Å². The van der Waals surface area contributed by atoms with Crippen molar-refractivity contribution in [1.29, 1.82) is 0 Å². The van der Waals surface area contributed by atoms with E-state index in [2.05, 4.69) is 15.3 Å². The summed E-state index contributed by atoms with van der Waals surface area (Å²) in [7, 11) is 0. The summed E-state index contributed by atoms with van der Waals surface area (Å²) in [6, 6.07) is 6.92. The molecule has 3 heterocycles. The Kier molecular flexibility index (Phi) is 7.53. The Labute approximate surface area is 189 Å². The van der Waals surface area contributed by atoms with Gasteiger partial charge in [-0.15, -0.1) is 0 Å². The Hall–Kier alpha value is -3.16. The van der Waals surface area contributed by atoms with Crippen molar-refractivity contribution < 1.29 is 14.3 Å². The minimum absolute atomic E-state index is 0.0708. The lowest BCUT2D eigenvalue weighted by atomic mass is 9.87. The first-order chi connectivity index (χ1) is 15.7. The number of carbonyl (C=O) groups excluding carboxylic acids is 2. The van der Waals surface area contributed by atoms with Crippen LogP contribution in [0.2, 0.25) is 0 Å². The van der Waals surface area contributed by atoms with E-state index in [9.17, 15) is 9.59 Å². The lowest BCUT2D eigenvalue weighted by Crippen LogP contribution is -2.51. The largest absolute Gasteiger partial charge is 0.478 e. The maximum atomic E-state index is 12.8. The first kappa shape index (κ1) is 22.0. The van der Waals surface area contributed by atoms with E-state index in [0.29, 0.717) is 49.9 Å². The van der Waals surface area contributed by atoms with Gasteiger partial charge in [-0.25, -0.2) is 9.78 Å². The Morgan fingerprint density at radius 1 is 1.00 bits per heavy atom. The number of anilines is 1. The molecular formula is C24H31N5O3. The fourth-order valence-electron chi connectivity index (χ4n) is 4.33. The number of nitrogens with zero attached hydrogens (tertiary/aromatic N) is 4. The van der Waals surface area contributed by atoms with Crippen LogP contribution in [0.1, 0.15) is 48.9 Å². The molecular weight excluding hydrogens is 406 g/mol. The van der Waals surface area contributed by atoms with Gasteiger partial charge in [-0.3, -0.25) is 9.78 Å². The van der Waals surface area contributed by atoms with Crippen molar-refractivity contribution in [3.05, 3.63) is 48.4 Å². The molecule has 8 heteroatoms. The summed E-state index contributed by atoms with van der Waals surface area (Å²) >= 11 is 0. The van der Waals surface area contributed by atoms with Crippen LogP contribution < -0.4 is 10.1 Å². The minimum Gasteiger partial charge on any atom is -0.478 e. The van der Waals surface area contributed by atoms with Crippen molar-refractivity contribution in [3.63, 3.8) is 0 Å². The molecule has 0 aromatic carbocycles. The molecule has 0 spiro atoms. The molecule has 2 aromatic rings. The first-order valence-corrected chi connectivity index (χ1v) is 11.5. The Morgan fingerprint density at radius 3 is 2.47 bits per heavy atom. The molecule has 8 nitrogen and oxygen atoms in total. The zero-order valence-electron chi connectivity index (χ0n) is 18.4. The Balaban J connectivity index is 1.21. The number of hydrogen-bond donors (Lipinski definition) is 1. The van der Waals surface area contributed by atoms with E-state index in [4.69, 9.17) is 4.74 Å². The average molecular weight is 438 g/mol. The normalized spacial score (nSPS) is 17.1. The number of rotatable bonds is 6. The third-order valence-corrected chi connectivity index (χ3v) is 6.25. The topological polar surface area (TPSA) is 87.7 Å². The molecule has 32 heavy (non-hydrogen) atoms. The highest BCUT2D eigenvalue weighted by molar-refractivity contribution is 5.94. The molecule has 0 unspecified atom stereocenters. The molecule has 1 saturated carbocycles. The second-order valence-electron chi connectivity index (χ2n) is 8.48. The molecule has 2 aromatic heterocycles. The van der Waals surface area contributed by atoms with Gasteiger partial charge in [-0.2, -0.15) is 0 Å². The van der Waals surface area contributed by atoms with Crippen LogP contribution in [0.25, 0.3) is 0 Å². The fraction of sp³-hybridized carbons (Fsp3) is 0.500. The van der Waals surface area contributed by atoms with Crippen LogP contribution in [-0.4, -0.2) is 64.5 Å². The molecule has 4 rings (SSSR count). The summed E-state index contributed by atoms with van der Waals surface area (Å²) in [4.78, 5) is 37.0. The molecule has 3 amide bonds. The van der Waals surface area contributed by atoms with Gasteiger partial charge in [-0.1, -0.05) is 32.1 Å². The van der Waals surface area contributed by atoms with Gasteiger partial charge in [-0.05, 0) is 30.5 Å². The Bertz CT molecular complexity index is 876. The number of urea groups is 1. The van der Waals surface area contributed by atoms with Crippen molar-refractivity contribution in [3.8, 4) is 5.88 Å². The van der Waals surface area contributed by atoms with Crippen LogP contribution in [0.3, 0.4) is 0 Å². The van der Waals surface area contributed by atoms with Crippen molar-refractivity contribution in [2.75, 3.05) is 38.1 Å². The highest BCUT2D eigenvalue weighted by atomic mass is 16.5. The van der Waals surface area contributed by atoms with Gasteiger partial charge in [0.25, 0.3) is 5.91 Å². The number of amides is 3. The summed E-state index contributed by atoms with van der Waals surface area (Å²) < 4.78 is 5.79. The number of piperazine rings is 1. The van der Waals surface area contributed by atoms with Crippen LogP contribution >= 0.6 is 0 Å². The van der Waals surface area contributed by atoms with Gasteiger partial charge in [0.05, 0.1) is 24.1 Å². The van der Waals surface area contributed by atoms with Crippen LogP contribution in [-0.2, 0) is 0 Å². The quantitative estimate of drug-likeness (QED) is 0.742. The maximum absolute atomic E-state index is 12.8. The zero-order valence-corrected chi connectivity index (χ0v) is 18.4. The molecule has 0 atom stereocenters. The summed E-state index contributed by atoms with van der Waals surface area (Å²) in [6.07, 6.45) is 12.6. The van der Waals surface area contributed by atoms with Gasteiger partial charge < -0.3 is 19.9 Å². The van der Waals surface area contributed by atoms with Gasteiger partial charge in [0.1, 0.15) is 0 Å². The number of nitrogens with one attached hydrogen (secondary N) is 1. The lowest BCUT2D eigenvalue weighted by molar-refractivity contribution is 0.0671. The smallest absolute Gasteiger partial charge is 0.322 e. The minimum atomic E-state index is -0.179. The van der Waals surface area contributed by atoms with E-state index in [-0.39, 0.29) is 11.9 Å².